The molecule has 5 rings (SSSR count). The van der Waals surface area contributed by atoms with E-state index in [0.717, 1.165) is 23.4 Å². The minimum absolute atomic E-state index is 0.0190. The molecule has 0 radical (unpaired) electrons. The molecule has 8 bridgehead atoms. The molecule has 290 valence electrons. The highest BCUT2D eigenvalue weighted by Gasteiger charge is 2.34. The number of aliphatic hydroxyl groups is 2. The molecule has 0 aromatic carbocycles. The highest BCUT2D eigenvalue weighted by molar-refractivity contribution is 6.06. The number of hydrogen-bond donors (Lipinski definition) is 7. The first-order chi connectivity index (χ1) is 25.7. The van der Waals surface area contributed by atoms with Gasteiger partial charge in [0.15, 0.2) is 5.78 Å². The summed E-state index contributed by atoms with van der Waals surface area (Å²) in [4.78, 5) is 70.5. The third-order valence-corrected chi connectivity index (χ3v) is 10.9. The van der Waals surface area contributed by atoms with E-state index in [-0.39, 0.29) is 60.3 Å². The predicted octanol–water partition coefficient (Wildman–Crippen LogP) is 3.97. The summed E-state index contributed by atoms with van der Waals surface area (Å²) in [6, 6.07) is 5.78. The van der Waals surface area contributed by atoms with Gasteiger partial charge in [-0.3, -0.25) is 29.1 Å². The molecule has 0 saturated heterocycles. The predicted molar refractivity (Wildman–Crippen MR) is 206 cm³/mol. The zero-order chi connectivity index (χ0) is 39.4. The van der Waals surface area contributed by atoms with Crippen LogP contribution in [0.2, 0.25) is 0 Å². The number of Topliss-reactive ketones (excluding diaryl/α,β-unsaturated/α-hetero) is 1. The largest absolute Gasteiger partial charge is 0.469 e. The number of aromatic amines is 2. The maximum absolute atomic E-state index is 14.1. The quantitative estimate of drug-likeness (QED) is 0.0985. The lowest BCUT2D eigenvalue weighted by atomic mass is 9.85. The molecule has 0 fully saturated rings. The first kappa shape index (κ1) is 40.3. The Morgan fingerprint density at radius 1 is 0.926 bits per heavy atom. The maximum Gasteiger partial charge on any atom is 0.310 e. The molecule has 2 aliphatic rings. The number of carbonyl (C=O) groups excluding carboxylic acids is 4. The molecule has 0 spiro atoms. The summed E-state index contributed by atoms with van der Waals surface area (Å²) in [6.45, 7) is 11.3. The minimum atomic E-state index is -1.18. The average molecular weight is 744 g/mol. The van der Waals surface area contributed by atoms with E-state index in [1.165, 1.54) is 7.11 Å². The van der Waals surface area contributed by atoms with Crippen molar-refractivity contribution in [1.82, 2.24) is 30.6 Å². The molecule has 8 N–H and O–H groups in total. The number of rotatable bonds is 13. The molecule has 0 aliphatic carbocycles. The van der Waals surface area contributed by atoms with Gasteiger partial charge in [0, 0.05) is 89.0 Å². The summed E-state index contributed by atoms with van der Waals surface area (Å²) in [5, 5.41) is 25.1. The van der Waals surface area contributed by atoms with Crippen LogP contribution in [-0.4, -0.2) is 93.2 Å². The van der Waals surface area contributed by atoms with E-state index >= 15 is 0 Å². The van der Waals surface area contributed by atoms with Crippen molar-refractivity contribution in [2.75, 3.05) is 33.4 Å². The fraction of sp³-hybridized carbons (Fsp3) is 0.500. The molecule has 1 unspecified atom stereocenters. The van der Waals surface area contributed by atoms with Gasteiger partial charge in [0.25, 0.3) is 5.91 Å². The number of aromatic nitrogens is 4. The smallest absolute Gasteiger partial charge is 0.310 e. The van der Waals surface area contributed by atoms with Gasteiger partial charge in [-0.15, -0.1) is 0 Å². The van der Waals surface area contributed by atoms with Crippen LogP contribution in [0.4, 0.5) is 0 Å². The van der Waals surface area contributed by atoms with Crippen LogP contribution in [-0.2, 0) is 20.7 Å². The number of nitrogens with one attached hydrogen (secondary N) is 4. The SMILES string of the molecule is CC[C@H]1c2cc3[nH]c(c(CC(=O)OC)c4nc(cc5[nH]c(cc(n2)[C@@H]1C)c(C(C)=O)c5C)[C@@H](C)[C@@H]4CCC(=O)NCCN)c(C(=O)NCC(O)CO)c3C. The van der Waals surface area contributed by atoms with Crippen molar-refractivity contribution in [2.24, 2.45) is 5.73 Å². The highest BCUT2D eigenvalue weighted by Crippen LogP contribution is 2.43. The van der Waals surface area contributed by atoms with Crippen LogP contribution in [0.3, 0.4) is 0 Å². The first-order valence-corrected chi connectivity index (χ1v) is 18.6. The molecule has 2 aliphatic heterocycles. The van der Waals surface area contributed by atoms with Gasteiger partial charge in [0.05, 0.1) is 48.5 Å². The number of esters is 1. The van der Waals surface area contributed by atoms with Gasteiger partial charge in [0.2, 0.25) is 5.91 Å². The number of hydrogen-bond acceptors (Lipinski definition) is 10. The number of ether oxygens (including phenoxy) is 1. The van der Waals surface area contributed by atoms with Gasteiger partial charge < -0.3 is 41.3 Å². The Hall–Kier alpha value is -4.92. The Morgan fingerprint density at radius 3 is 2.20 bits per heavy atom. The number of ketones is 1. The number of aryl methyl sites for hydroxylation is 2. The van der Waals surface area contributed by atoms with Gasteiger partial charge in [0.1, 0.15) is 0 Å². The summed E-state index contributed by atoms with van der Waals surface area (Å²) in [5.74, 6) is -1.91. The summed E-state index contributed by atoms with van der Waals surface area (Å²) in [7, 11) is 1.29. The third kappa shape index (κ3) is 8.10. The molecular formula is C40H53N7O7. The van der Waals surface area contributed by atoms with Gasteiger partial charge in [-0.2, -0.15) is 0 Å². The number of aliphatic hydroxyl groups excluding tert-OH is 2. The van der Waals surface area contributed by atoms with E-state index in [1.807, 2.05) is 32.0 Å². The lowest BCUT2D eigenvalue weighted by molar-refractivity contribution is -0.139. The fourth-order valence-electron chi connectivity index (χ4n) is 7.80. The van der Waals surface area contributed by atoms with Crippen LogP contribution in [0, 0.1) is 13.8 Å². The molecular weight excluding hydrogens is 690 g/mol. The molecule has 54 heavy (non-hydrogen) atoms. The molecule has 14 heteroatoms. The number of H-pyrrole nitrogens is 2. The Balaban J connectivity index is 1.95. The lowest BCUT2D eigenvalue weighted by Crippen LogP contribution is -2.34. The Labute approximate surface area is 314 Å². The zero-order valence-corrected chi connectivity index (χ0v) is 32.2. The van der Waals surface area contributed by atoms with Crippen LogP contribution in [0.25, 0.3) is 22.1 Å². The number of fused-ring (bicyclic) bond motifs is 8. The van der Waals surface area contributed by atoms with Crippen LogP contribution in [0.15, 0.2) is 18.2 Å². The highest BCUT2D eigenvalue weighted by atomic mass is 16.5. The second kappa shape index (κ2) is 17.0. The second-order valence-corrected chi connectivity index (χ2v) is 14.4. The molecule has 5 heterocycles. The summed E-state index contributed by atoms with van der Waals surface area (Å²) >= 11 is 0. The van der Waals surface area contributed by atoms with Crippen LogP contribution >= 0.6 is 0 Å². The maximum atomic E-state index is 14.1. The van der Waals surface area contributed by atoms with E-state index < -0.39 is 24.6 Å². The van der Waals surface area contributed by atoms with Crippen molar-refractivity contribution in [1.29, 1.82) is 0 Å². The second-order valence-electron chi connectivity index (χ2n) is 14.4. The molecule has 2 amide bonds. The van der Waals surface area contributed by atoms with E-state index in [2.05, 4.69) is 34.4 Å². The Bertz CT molecular complexity index is 2100. The molecule has 3 aromatic heterocycles. The number of carbonyl (C=O) groups is 4. The van der Waals surface area contributed by atoms with Crippen molar-refractivity contribution in [2.45, 2.75) is 97.0 Å². The summed E-state index contributed by atoms with van der Waals surface area (Å²) < 4.78 is 5.18. The number of nitrogens with zero attached hydrogens (tertiary/aromatic N) is 2. The van der Waals surface area contributed by atoms with Crippen molar-refractivity contribution in [3.8, 4) is 0 Å². The van der Waals surface area contributed by atoms with E-state index in [9.17, 15) is 29.4 Å². The zero-order valence-electron chi connectivity index (χ0n) is 32.2. The minimum Gasteiger partial charge on any atom is -0.469 e. The van der Waals surface area contributed by atoms with E-state index in [1.54, 1.807) is 13.8 Å². The normalized spacial score (nSPS) is 18.6. The van der Waals surface area contributed by atoms with Crippen molar-refractivity contribution < 1.29 is 34.1 Å². The van der Waals surface area contributed by atoms with Gasteiger partial charge in [-0.1, -0.05) is 20.8 Å². The van der Waals surface area contributed by atoms with Gasteiger partial charge >= 0.3 is 5.97 Å². The fourth-order valence-corrected chi connectivity index (χ4v) is 7.80. The monoisotopic (exact) mass is 743 g/mol. The Morgan fingerprint density at radius 2 is 1.56 bits per heavy atom. The standard InChI is InChI=1S/C40H53N7O7/c1-8-25-19(2)28-16-33-36(23(6)49)21(4)30(45-33)14-29-20(3)26(9-10-34(51)42-12-11-41)38(46-29)27(13-35(52)54-7)39-37(40(53)43-17-24(50)18-48)22(5)31(47-39)15-32(25)44-28/h14-16,19-20,24-26,45,47-48,50H,8-13,17-18,41H2,1-7H3,(H,42,51)(H,43,53)/t19-,20+,24?,25-,26+/m1/s1. The van der Waals surface area contributed by atoms with E-state index in [0.29, 0.717) is 69.7 Å². The number of nitrogens with two attached hydrogens (primary N) is 1. The molecule has 0 saturated carbocycles. The molecule has 3 aromatic rings. The van der Waals surface area contributed by atoms with Gasteiger partial charge in [-0.05, 0) is 62.9 Å². The first-order valence-electron chi connectivity index (χ1n) is 18.6. The van der Waals surface area contributed by atoms with Crippen molar-refractivity contribution in [3.63, 3.8) is 0 Å². The average Bonchev–Trinajstić information content (AvgIpc) is 3.83. The molecule has 14 nitrogen and oxygen atoms in total. The van der Waals surface area contributed by atoms with Crippen molar-refractivity contribution >= 4 is 45.6 Å². The number of methoxy groups -OCH3 is 1. The summed E-state index contributed by atoms with van der Waals surface area (Å²) in [6.07, 6.45) is -0.113. The molecule has 5 atom stereocenters. The summed E-state index contributed by atoms with van der Waals surface area (Å²) in [5.41, 5.74) is 13.3. The van der Waals surface area contributed by atoms with E-state index in [4.69, 9.17) is 20.4 Å². The topological polar surface area (TPSA) is 225 Å². The van der Waals surface area contributed by atoms with Crippen LogP contribution in [0.5, 0.6) is 0 Å². The van der Waals surface area contributed by atoms with Crippen LogP contribution < -0.4 is 16.4 Å². The lowest BCUT2D eigenvalue weighted by Gasteiger charge is -2.18. The number of amides is 2. The van der Waals surface area contributed by atoms with Crippen molar-refractivity contribution in [3.05, 3.63) is 68.8 Å². The Kier molecular flexibility index (Phi) is 12.7. The van der Waals surface area contributed by atoms with Crippen LogP contribution in [0.1, 0.15) is 131 Å². The third-order valence-electron chi connectivity index (χ3n) is 10.9. The van der Waals surface area contributed by atoms with Gasteiger partial charge in [-0.25, -0.2) is 0 Å².